The zero-order chi connectivity index (χ0) is 14.1. The van der Waals surface area contributed by atoms with Gasteiger partial charge in [0.15, 0.2) is 5.13 Å². The number of carbonyl (C=O) groups excluding carboxylic acids is 1. The summed E-state index contributed by atoms with van der Waals surface area (Å²) >= 11 is 3.25. The molecular formula is C14H17N3OS2. The molecule has 1 N–H and O–H groups in total. The summed E-state index contributed by atoms with van der Waals surface area (Å²) < 4.78 is 0. The summed E-state index contributed by atoms with van der Waals surface area (Å²) in [7, 11) is 0. The van der Waals surface area contributed by atoms with Gasteiger partial charge in [-0.2, -0.15) is 0 Å². The molecule has 1 aliphatic rings. The summed E-state index contributed by atoms with van der Waals surface area (Å²) in [5, 5.41) is 6.12. The topological polar surface area (TPSA) is 45.2 Å². The summed E-state index contributed by atoms with van der Waals surface area (Å²) in [4.78, 5) is 21.2. The number of aryl methyl sites for hydroxylation is 1. The summed E-state index contributed by atoms with van der Waals surface area (Å²) in [6.07, 6.45) is 0.969. The lowest BCUT2D eigenvalue weighted by molar-refractivity contribution is 0.0740. The van der Waals surface area contributed by atoms with Crippen LogP contribution >= 0.6 is 22.7 Å². The van der Waals surface area contributed by atoms with Crippen molar-refractivity contribution in [2.24, 2.45) is 0 Å². The van der Waals surface area contributed by atoms with Crippen LogP contribution in [0.15, 0.2) is 11.4 Å². The number of nitrogens with zero attached hydrogens (tertiary/aromatic N) is 2. The molecule has 6 heteroatoms. The van der Waals surface area contributed by atoms with Crippen LogP contribution < -0.4 is 5.32 Å². The Hall–Kier alpha value is -1.40. The molecule has 0 aliphatic carbocycles. The molecule has 1 amide bonds. The number of rotatable bonds is 3. The molecule has 0 radical (unpaired) electrons. The molecule has 0 bridgehead atoms. The van der Waals surface area contributed by atoms with Gasteiger partial charge in [0.1, 0.15) is 4.88 Å². The minimum atomic E-state index is 0.112. The van der Waals surface area contributed by atoms with E-state index in [0.29, 0.717) is 0 Å². The number of fused-ring (bicyclic) bond motifs is 1. The van der Waals surface area contributed by atoms with Gasteiger partial charge in [0.2, 0.25) is 0 Å². The van der Waals surface area contributed by atoms with Crippen molar-refractivity contribution in [2.75, 3.05) is 18.4 Å². The minimum Gasteiger partial charge on any atom is -0.362 e. The molecule has 0 atom stereocenters. The standard InChI is InChI=1S/C14H17N3OS2/c1-3-15-14-16-9(2)12(20-14)13(18)17-6-4-11-10(8-17)5-7-19-11/h5,7H,3-4,6,8H2,1-2H3,(H,15,16). The molecule has 0 spiro atoms. The molecule has 106 valence electrons. The second kappa shape index (κ2) is 5.54. The monoisotopic (exact) mass is 307 g/mol. The lowest BCUT2D eigenvalue weighted by atomic mass is 10.1. The van der Waals surface area contributed by atoms with Gasteiger partial charge < -0.3 is 10.2 Å². The van der Waals surface area contributed by atoms with Gasteiger partial charge in [0.25, 0.3) is 5.91 Å². The van der Waals surface area contributed by atoms with Crippen molar-refractivity contribution in [1.82, 2.24) is 9.88 Å². The van der Waals surface area contributed by atoms with E-state index in [1.807, 2.05) is 18.7 Å². The molecule has 1 aliphatic heterocycles. The van der Waals surface area contributed by atoms with Gasteiger partial charge in [0.05, 0.1) is 5.69 Å². The molecule has 2 aromatic rings. The highest BCUT2D eigenvalue weighted by Crippen LogP contribution is 2.28. The number of hydrogen-bond donors (Lipinski definition) is 1. The largest absolute Gasteiger partial charge is 0.362 e. The van der Waals surface area contributed by atoms with Crippen molar-refractivity contribution in [1.29, 1.82) is 0 Å². The third-order valence-corrected chi connectivity index (χ3v) is 5.54. The van der Waals surface area contributed by atoms with Crippen LogP contribution in [0.25, 0.3) is 0 Å². The van der Waals surface area contributed by atoms with E-state index in [2.05, 4.69) is 21.7 Å². The van der Waals surface area contributed by atoms with Crippen LogP contribution in [0.4, 0.5) is 5.13 Å². The Kier molecular flexibility index (Phi) is 3.76. The average Bonchev–Trinajstić information content (AvgIpc) is 3.04. The lowest BCUT2D eigenvalue weighted by Gasteiger charge is -2.26. The normalized spacial score (nSPS) is 14.2. The fraction of sp³-hybridized carbons (Fsp3) is 0.429. The first kappa shape index (κ1) is 13.6. The van der Waals surface area contributed by atoms with E-state index in [1.165, 1.54) is 21.8 Å². The number of hydrogen-bond acceptors (Lipinski definition) is 5. The summed E-state index contributed by atoms with van der Waals surface area (Å²) in [5.41, 5.74) is 2.12. The number of anilines is 1. The van der Waals surface area contributed by atoms with Crippen LogP contribution in [-0.4, -0.2) is 28.9 Å². The van der Waals surface area contributed by atoms with Crippen molar-refractivity contribution in [3.05, 3.63) is 32.5 Å². The fourth-order valence-electron chi connectivity index (χ4n) is 2.39. The molecule has 3 heterocycles. The highest BCUT2D eigenvalue weighted by molar-refractivity contribution is 7.17. The van der Waals surface area contributed by atoms with Crippen LogP contribution in [0, 0.1) is 6.92 Å². The lowest BCUT2D eigenvalue weighted by Crippen LogP contribution is -2.35. The van der Waals surface area contributed by atoms with Gasteiger partial charge in [-0.1, -0.05) is 11.3 Å². The first-order valence-corrected chi connectivity index (χ1v) is 8.44. The van der Waals surface area contributed by atoms with Crippen molar-refractivity contribution in [2.45, 2.75) is 26.8 Å². The number of nitrogens with one attached hydrogen (secondary N) is 1. The summed E-state index contributed by atoms with van der Waals surface area (Å²) in [6.45, 7) is 6.29. The van der Waals surface area contributed by atoms with Gasteiger partial charge in [0, 0.05) is 24.5 Å². The maximum Gasteiger partial charge on any atom is 0.266 e. The quantitative estimate of drug-likeness (QED) is 0.947. The number of amides is 1. The van der Waals surface area contributed by atoms with Crippen LogP contribution in [-0.2, 0) is 13.0 Å². The van der Waals surface area contributed by atoms with E-state index in [9.17, 15) is 4.79 Å². The Labute approximate surface area is 126 Å². The van der Waals surface area contributed by atoms with E-state index < -0.39 is 0 Å². The maximum absolute atomic E-state index is 12.6. The van der Waals surface area contributed by atoms with Crippen LogP contribution in [0.2, 0.25) is 0 Å². The van der Waals surface area contributed by atoms with E-state index in [0.717, 1.165) is 41.8 Å². The molecule has 0 unspecified atom stereocenters. The molecular weight excluding hydrogens is 290 g/mol. The van der Waals surface area contributed by atoms with Crippen molar-refractivity contribution >= 4 is 33.7 Å². The molecule has 3 rings (SSSR count). The van der Waals surface area contributed by atoms with Gasteiger partial charge >= 0.3 is 0 Å². The Morgan fingerprint density at radius 1 is 1.55 bits per heavy atom. The van der Waals surface area contributed by atoms with Crippen molar-refractivity contribution < 1.29 is 4.79 Å². The van der Waals surface area contributed by atoms with Gasteiger partial charge in [-0.25, -0.2) is 4.98 Å². The number of aromatic nitrogens is 1. The highest BCUT2D eigenvalue weighted by atomic mass is 32.1. The second-order valence-electron chi connectivity index (χ2n) is 4.81. The average molecular weight is 307 g/mol. The van der Waals surface area contributed by atoms with E-state index >= 15 is 0 Å². The van der Waals surface area contributed by atoms with Crippen LogP contribution in [0.5, 0.6) is 0 Å². The molecule has 0 aromatic carbocycles. The zero-order valence-electron chi connectivity index (χ0n) is 11.6. The Bertz CT molecular complexity index is 632. The molecule has 4 nitrogen and oxygen atoms in total. The maximum atomic E-state index is 12.6. The highest BCUT2D eigenvalue weighted by Gasteiger charge is 2.25. The molecule has 0 saturated heterocycles. The van der Waals surface area contributed by atoms with Crippen molar-refractivity contribution in [3.63, 3.8) is 0 Å². The molecule has 20 heavy (non-hydrogen) atoms. The minimum absolute atomic E-state index is 0.112. The Balaban J connectivity index is 1.80. The third kappa shape index (κ3) is 2.45. The summed E-state index contributed by atoms with van der Waals surface area (Å²) in [5.74, 6) is 0.112. The van der Waals surface area contributed by atoms with Gasteiger partial charge in [-0.3, -0.25) is 4.79 Å². The SMILES string of the molecule is CCNc1nc(C)c(C(=O)N2CCc3sccc3C2)s1. The van der Waals surface area contributed by atoms with E-state index in [4.69, 9.17) is 0 Å². The first-order chi connectivity index (χ1) is 9.69. The summed E-state index contributed by atoms with van der Waals surface area (Å²) in [6, 6.07) is 2.13. The predicted molar refractivity (Wildman–Crippen MR) is 83.8 cm³/mol. The van der Waals surface area contributed by atoms with Crippen LogP contribution in [0.1, 0.15) is 32.7 Å². The molecule has 0 fully saturated rings. The second-order valence-corrected chi connectivity index (χ2v) is 6.81. The fourth-order valence-corrected chi connectivity index (χ4v) is 4.28. The zero-order valence-corrected chi connectivity index (χ0v) is 13.2. The van der Waals surface area contributed by atoms with Gasteiger partial charge in [-0.15, -0.1) is 11.3 Å². The number of carbonyl (C=O) groups is 1. The molecule has 2 aromatic heterocycles. The van der Waals surface area contributed by atoms with E-state index in [-0.39, 0.29) is 5.91 Å². The first-order valence-electron chi connectivity index (χ1n) is 6.75. The third-order valence-electron chi connectivity index (χ3n) is 3.41. The molecule has 0 saturated carbocycles. The van der Waals surface area contributed by atoms with E-state index in [1.54, 1.807) is 11.3 Å². The number of thiazole rings is 1. The number of thiophene rings is 1. The Morgan fingerprint density at radius 2 is 2.40 bits per heavy atom. The van der Waals surface area contributed by atoms with Gasteiger partial charge in [-0.05, 0) is 37.3 Å². The smallest absolute Gasteiger partial charge is 0.266 e. The Morgan fingerprint density at radius 3 is 3.20 bits per heavy atom. The van der Waals surface area contributed by atoms with Crippen LogP contribution in [0.3, 0.4) is 0 Å². The van der Waals surface area contributed by atoms with Crippen molar-refractivity contribution in [3.8, 4) is 0 Å². The predicted octanol–water partition coefficient (Wildman–Crippen LogP) is 3.14.